The molecular weight excluding hydrogens is 194 g/mol. The van der Waals surface area contributed by atoms with Crippen molar-refractivity contribution in [3.8, 4) is 6.07 Å². The minimum absolute atomic E-state index is 0.245. The Balaban J connectivity index is 2.18. The molecule has 0 saturated heterocycles. The fourth-order valence-electron chi connectivity index (χ4n) is 2.79. The second-order valence-electron chi connectivity index (χ2n) is 4.92. The summed E-state index contributed by atoms with van der Waals surface area (Å²) in [5.74, 6) is 0.819. The molecule has 0 N–H and O–H groups in total. The maximum atomic E-state index is 9.12. The van der Waals surface area contributed by atoms with E-state index in [9.17, 15) is 0 Å². The Labute approximate surface area is 98.1 Å². The van der Waals surface area contributed by atoms with Crippen LogP contribution in [0.1, 0.15) is 36.5 Å². The third-order valence-corrected chi connectivity index (χ3v) is 3.80. The van der Waals surface area contributed by atoms with E-state index in [4.69, 9.17) is 5.26 Å². The lowest BCUT2D eigenvalue weighted by Gasteiger charge is -2.27. The highest BCUT2D eigenvalue weighted by Gasteiger charge is 2.24. The molecule has 0 saturated carbocycles. The molecule has 1 aliphatic rings. The summed E-state index contributed by atoms with van der Waals surface area (Å²) in [5.41, 5.74) is 4.32. The summed E-state index contributed by atoms with van der Waals surface area (Å²) in [6.45, 7) is 4.27. The molecule has 0 aliphatic heterocycles. The number of fused-ring (bicyclic) bond motifs is 1. The van der Waals surface area contributed by atoms with E-state index < -0.39 is 0 Å². The van der Waals surface area contributed by atoms with Crippen LogP contribution in [0.2, 0.25) is 0 Å². The number of nitrogens with zero attached hydrogens (tertiary/aromatic N) is 1. The molecule has 1 aliphatic carbocycles. The molecule has 2 unspecified atom stereocenters. The molecule has 1 heteroatoms. The molecule has 0 heterocycles. The van der Waals surface area contributed by atoms with Gasteiger partial charge in [-0.25, -0.2) is 0 Å². The summed E-state index contributed by atoms with van der Waals surface area (Å²) in [7, 11) is 0. The zero-order valence-electron chi connectivity index (χ0n) is 10.2. The van der Waals surface area contributed by atoms with Crippen molar-refractivity contribution in [1.82, 2.24) is 0 Å². The molecule has 0 fully saturated rings. The van der Waals surface area contributed by atoms with E-state index in [0.29, 0.717) is 5.92 Å². The highest BCUT2D eigenvalue weighted by atomic mass is 14.3. The average molecular weight is 213 g/mol. The summed E-state index contributed by atoms with van der Waals surface area (Å²) in [5, 5.41) is 9.12. The Bertz CT molecular complexity index is 414. The Morgan fingerprint density at radius 3 is 2.94 bits per heavy atom. The lowest BCUT2D eigenvalue weighted by atomic mass is 9.76. The van der Waals surface area contributed by atoms with E-state index in [1.807, 2.05) is 0 Å². The molecule has 0 amide bonds. The van der Waals surface area contributed by atoms with Crippen molar-refractivity contribution < 1.29 is 0 Å². The van der Waals surface area contributed by atoms with E-state index >= 15 is 0 Å². The van der Waals surface area contributed by atoms with Crippen LogP contribution in [-0.4, -0.2) is 0 Å². The van der Waals surface area contributed by atoms with Crippen molar-refractivity contribution in [2.24, 2.45) is 11.8 Å². The van der Waals surface area contributed by atoms with Crippen LogP contribution < -0.4 is 0 Å². The van der Waals surface area contributed by atoms with E-state index in [1.54, 1.807) is 0 Å². The smallest absolute Gasteiger partial charge is 0.0658 e. The van der Waals surface area contributed by atoms with Crippen molar-refractivity contribution in [2.45, 2.75) is 39.5 Å². The first-order valence-corrected chi connectivity index (χ1v) is 6.22. The van der Waals surface area contributed by atoms with Gasteiger partial charge in [0.05, 0.1) is 6.07 Å². The fourth-order valence-corrected chi connectivity index (χ4v) is 2.79. The predicted molar refractivity (Wildman–Crippen MR) is 66.1 cm³/mol. The van der Waals surface area contributed by atoms with Crippen LogP contribution >= 0.6 is 0 Å². The third-order valence-electron chi connectivity index (χ3n) is 3.80. The Kier molecular flexibility index (Phi) is 3.29. The molecule has 2 rings (SSSR count). The molecule has 0 aromatic heterocycles. The molecule has 1 aromatic rings. The second kappa shape index (κ2) is 4.70. The summed E-state index contributed by atoms with van der Waals surface area (Å²) in [6, 6.07) is 9.21. The van der Waals surface area contributed by atoms with Gasteiger partial charge >= 0.3 is 0 Å². The van der Waals surface area contributed by atoms with Crippen LogP contribution in [0.15, 0.2) is 18.2 Å². The molecular formula is C15H19N. The van der Waals surface area contributed by atoms with Gasteiger partial charge in [-0.2, -0.15) is 5.26 Å². The first-order valence-electron chi connectivity index (χ1n) is 6.22. The van der Waals surface area contributed by atoms with E-state index in [2.05, 4.69) is 38.1 Å². The van der Waals surface area contributed by atoms with Gasteiger partial charge in [-0.05, 0) is 49.7 Å². The summed E-state index contributed by atoms with van der Waals surface area (Å²) in [4.78, 5) is 0. The van der Waals surface area contributed by atoms with E-state index in [-0.39, 0.29) is 5.92 Å². The quantitative estimate of drug-likeness (QED) is 0.735. The minimum atomic E-state index is 0.245. The zero-order valence-corrected chi connectivity index (χ0v) is 10.2. The van der Waals surface area contributed by atoms with Crippen LogP contribution in [0, 0.1) is 30.1 Å². The Morgan fingerprint density at radius 1 is 1.44 bits per heavy atom. The lowest BCUT2D eigenvalue weighted by Crippen LogP contribution is -2.21. The molecule has 84 valence electrons. The van der Waals surface area contributed by atoms with Gasteiger partial charge < -0.3 is 0 Å². The van der Waals surface area contributed by atoms with Crippen molar-refractivity contribution in [2.75, 3.05) is 0 Å². The zero-order chi connectivity index (χ0) is 11.5. The molecule has 16 heavy (non-hydrogen) atoms. The van der Waals surface area contributed by atoms with Crippen molar-refractivity contribution in [1.29, 1.82) is 5.26 Å². The van der Waals surface area contributed by atoms with Gasteiger partial charge in [-0.1, -0.05) is 30.7 Å². The van der Waals surface area contributed by atoms with Crippen molar-refractivity contribution in [3.05, 3.63) is 34.9 Å². The third kappa shape index (κ3) is 2.11. The normalized spacial score (nSPS) is 20.9. The van der Waals surface area contributed by atoms with E-state index in [0.717, 1.165) is 19.3 Å². The molecule has 0 bridgehead atoms. The summed E-state index contributed by atoms with van der Waals surface area (Å²) in [6.07, 6.45) is 4.42. The fraction of sp³-hybridized carbons (Fsp3) is 0.533. The largest absolute Gasteiger partial charge is 0.198 e. The van der Waals surface area contributed by atoms with Crippen LogP contribution in [0.4, 0.5) is 0 Å². The summed E-state index contributed by atoms with van der Waals surface area (Å²) < 4.78 is 0. The van der Waals surface area contributed by atoms with Gasteiger partial charge in [0.25, 0.3) is 0 Å². The maximum Gasteiger partial charge on any atom is 0.0658 e. The van der Waals surface area contributed by atoms with E-state index in [1.165, 1.54) is 23.1 Å². The monoisotopic (exact) mass is 213 g/mol. The first kappa shape index (κ1) is 11.2. The van der Waals surface area contributed by atoms with Gasteiger partial charge in [0.15, 0.2) is 0 Å². The SMILES string of the molecule is CCC(C#N)C1CCc2cc(C)ccc2C1. The van der Waals surface area contributed by atoms with Gasteiger partial charge in [-0.3, -0.25) is 0 Å². The number of hydrogen-bond acceptors (Lipinski definition) is 1. The van der Waals surface area contributed by atoms with Crippen molar-refractivity contribution >= 4 is 0 Å². The number of benzene rings is 1. The maximum absolute atomic E-state index is 9.12. The van der Waals surface area contributed by atoms with Crippen molar-refractivity contribution in [3.63, 3.8) is 0 Å². The first-order chi connectivity index (χ1) is 7.74. The Morgan fingerprint density at radius 2 is 2.25 bits per heavy atom. The molecule has 0 spiro atoms. The van der Waals surface area contributed by atoms with Gasteiger partial charge in [0.1, 0.15) is 0 Å². The molecule has 1 nitrogen and oxygen atoms in total. The number of rotatable bonds is 2. The lowest BCUT2D eigenvalue weighted by molar-refractivity contribution is 0.350. The van der Waals surface area contributed by atoms with Crippen LogP contribution in [0.3, 0.4) is 0 Å². The van der Waals surface area contributed by atoms with Gasteiger partial charge in [0.2, 0.25) is 0 Å². The molecule has 2 atom stereocenters. The summed E-state index contributed by atoms with van der Waals surface area (Å²) >= 11 is 0. The number of nitriles is 1. The number of hydrogen-bond donors (Lipinski definition) is 0. The topological polar surface area (TPSA) is 23.8 Å². The van der Waals surface area contributed by atoms with Crippen LogP contribution in [0.25, 0.3) is 0 Å². The average Bonchev–Trinajstić information content (AvgIpc) is 2.31. The predicted octanol–water partition coefficient (Wildman–Crippen LogP) is 3.65. The molecule has 0 radical (unpaired) electrons. The highest BCUT2D eigenvalue weighted by Crippen LogP contribution is 2.31. The van der Waals surface area contributed by atoms with Crippen LogP contribution in [0.5, 0.6) is 0 Å². The minimum Gasteiger partial charge on any atom is -0.198 e. The Hall–Kier alpha value is -1.29. The second-order valence-corrected chi connectivity index (χ2v) is 4.92. The molecule has 1 aromatic carbocycles. The standard InChI is InChI=1S/C15H19N/c1-3-12(10-16)14-7-6-13-8-11(2)4-5-15(13)9-14/h4-5,8,12,14H,3,6-7,9H2,1-2H3. The van der Waals surface area contributed by atoms with Crippen LogP contribution in [-0.2, 0) is 12.8 Å². The highest BCUT2D eigenvalue weighted by molar-refractivity contribution is 5.34. The van der Waals surface area contributed by atoms with Gasteiger partial charge in [0, 0.05) is 5.92 Å². The number of aryl methyl sites for hydroxylation is 2. The van der Waals surface area contributed by atoms with Gasteiger partial charge in [-0.15, -0.1) is 0 Å².